The maximum atomic E-state index is 12.3. The van der Waals surface area contributed by atoms with Gasteiger partial charge in [-0.05, 0) is 37.5 Å². The van der Waals surface area contributed by atoms with Crippen LogP contribution < -0.4 is 0 Å². The number of carbonyl (C=O) groups is 1. The Morgan fingerprint density at radius 1 is 1.22 bits per heavy atom. The highest BCUT2D eigenvalue weighted by Crippen LogP contribution is 2.55. The van der Waals surface area contributed by atoms with Crippen LogP contribution in [-0.2, 0) is 14.3 Å². The number of hydrogen-bond donors (Lipinski definition) is 0. The molecule has 1 saturated heterocycles. The summed E-state index contributed by atoms with van der Waals surface area (Å²) in [5, 5.41) is 0. The highest BCUT2D eigenvalue weighted by atomic mass is 16.6. The molecule has 4 aliphatic rings. The molecule has 0 unspecified atom stereocenters. The predicted octanol–water partition coefficient (Wildman–Crippen LogP) is 3.48. The van der Waals surface area contributed by atoms with E-state index in [2.05, 4.69) is 30.9 Å². The fourth-order valence-electron chi connectivity index (χ4n) is 4.50. The Balaban J connectivity index is 1.56. The highest BCUT2D eigenvalue weighted by Gasteiger charge is 2.60. The second-order valence-corrected chi connectivity index (χ2v) is 7.48. The number of epoxide rings is 1. The Labute approximate surface area is 138 Å². The van der Waals surface area contributed by atoms with Crippen molar-refractivity contribution < 1.29 is 14.3 Å². The normalized spacial score (nSPS) is 46.7. The van der Waals surface area contributed by atoms with Gasteiger partial charge in [0.2, 0.25) is 0 Å². The average molecular weight is 314 g/mol. The molecule has 23 heavy (non-hydrogen) atoms. The second-order valence-electron chi connectivity index (χ2n) is 7.48. The number of hydrogen-bond acceptors (Lipinski definition) is 3. The molecule has 2 aliphatic carbocycles. The molecular formula is C20H26O3. The van der Waals surface area contributed by atoms with Crippen LogP contribution in [0.1, 0.15) is 51.9 Å². The summed E-state index contributed by atoms with van der Waals surface area (Å²) in [5.74, 6) is 8.67. The van der Waals surface area contributed by atoms with Gasteiger partial charge in [-0.1, -0.05) is 37.3 Å². The van der Waals surface area contributed by atoms with Crippen molar-refractivity contribution in [3.63, 3.8) is 0 Å². The third kappa shape index (κ3) is 3.19. The highest BCUT2D eigenvalue weighted by molar-refractivity contribution is 5.69. The minimum Gasteiger partial charge on any atom is -0.462 e. The summed E-state index contributed by atoms with van der Waals surface area (Å²) in [5.41, 5.74) is 0. The lowest BCUT2D eigenvalue weighted by Gasteiger charge is -2.28. The lowest BCUT2D eigenvalue weighted by Crippen LogP contribution is -2.34. The van der Waals surface area contributed by atoms with Crippen LogP contribution in [0.25, 0.3) is 0 Å². The number of rotatable bonds is 2. The minimum atomic E-state index is -0.0161. The first-order valence-corrected chi connectivity index (χ1v) is 9.26. The van der Waals surface area contributed by atoms with Crippen molar-refractivity contribution in [3.05, 3.63) is 12.2 Å². The summed E-state index contributed by atoms with van der Waals surface area (Å²) < 4.78 is 11.8. The molecule has 2 saturated carbocycles. The number of fused-ring (bicyclic) bond motifs is 3. The van der Waals surface area contributed by atoms with Gasteiger partial charge in [0, 0.05) is 18.8 Å². The molecule has 3 nitrogen and oxygen atoms in total. The monoisotopic (exact) mass is 314 g/mol. The van der Waals surface area contributed by atoms with Crippen LogP contribution in [0.3, 0.4) is 0 Å². The van der Waals surface area contributed by atoms with Crippen LogP contribution in [-0.4, -0.2) is 24.3 Å². The molecule has 0 aromatic heterocycles. The summed E-state index contributed by atoms with van der Waals surface area (Å²) >= 11 is 0. The fraction of sp³-hybridized carbons (Fsp3) is 0.750. The van der Waals surface area contributed by atoms with Gasteiger partial charge in [0.25, 0.3) is 0 Å². The molecule has 0 amide bonds. The smallest absolute Gasteiger partial charge is 0.306 e. The van der Waals surface area contributed by atoms with E-state index in [4.69, 9.17) is 9.47 Å². The number of cyclic esters (lactones) is 1. The summed E-state index contributed by atoms with van der Waals surface area (Å²) in [6.45, 7) is 2.24. The maximum Gasteiger partial charge on any atom is 0.306 e. The molecule has 0 bridgehead atoms. The standard InChI is InChI=1S/C20H26O3/c1-2-13-11-15(13)19-16-12-17-20(22-17)14(16)9-7-5-3-4-6-8-10-18(21)23-19/h3-4,13-17,19-20H,2,5-6,8,10-12H2,1H3/b4-3-/t13-,14-,15+,16+,17-,19-,20+/m0/s1. The summed E-state index contributed by atoms with van der Waals surface area (Å²) in [7, 11) is 0. The van der Waals surface area contributed by atoms with E-state index >= 15 is 0 Å². The number of ether oxygens (including phenoxy) is 2. The molecule has 2 heterocycles. The van der Waals surface area contributed by atoms with Crippen molar-refractivity contribution in [1.29, 1.82) is 0 Å². The quantitative estimate of drug-likeness (QED) is 0.339. The molecule has 0 spiro atoms. The van der Waals surface area contributed by atoms with Gasteiger partial charge in [0.1, 0.15) is 6.10 Å². The van der Waals surface area contributed by atoms with Crippen molar-refractivity contribution in [3.8, 4) is 11.8 Å². The summed E-state index contributed by atoms with van der Waals surface area (Å²) in [4.78, 5) is 12.3. The first kappa shape index (κ1) is 15.3. The SMILES string of the molecule is CC[C@H]1C[C@H]1[C@@H]1OC(=O)CCC/C=C\CC#C[C@H]2[C@H]1C[C@@H]1O[C@H]21. The van der Waals surface area contributed by atoms with E-state index < -0.39 is 0 Å². The van der Waals surface area contributed by atoms with E-state index in [0.29, 0.717) is 30.5 Å². The number of allylic oxidation sites excluding steroid dienone is 2. The average Bonchev–Trinajstić information content (AvgIpc) is 3.45. The van der Waals surface area contributed by atoms with Gasteiger partial charge < -0.3 is 9.47 Å². The van der Waals surface area contributed by atoms with Gasteiger partial charge in [0.15, 0.2) is 0 Å². The topological polar surface area (TPSA) is 38.8 Å². The Kier molecular flexibility index (Phi) is 4.20. The lowest BCUT2D eigenvalue weighted by atomic mass is 9.86. The minimum absolute atomic E-state index is 0.0161. The Bertz CT molecular complexity index is 555. The van der Waals surface area contributed by atoms with E-state index in [9.17, 15) is 4.79 Å². The van der Waals surface area contributed by atoms with Crippen LogP contribution >= 0.6 is 0 Å². The van der Waals surface area contributed by atoms with Crippen molar-refractivity contribution in [2.24, 2.45) is 23.7 Å². The van der Waals surface area contributed by atoms with Crippen molar-refractivity contribution in [2.45, 2.75) is 70.2 Å². The third-order valence-corrected chi connectivity index (χ3v) is 5.96. The van der Waals surface area contributed by atoms with Crippen molar-refractivity contribution in [1.82, 2.24) is 0 Å². The zero-order valence-electron chi connectivity index (χ0n) is 13.9. The Morgan fingerprint density at radius 2 is 2.13 bits per heavy atom. The van der Waals surface area contributed by atoms with Crippen molar-refractivity contribution in [2.75, 3.05) is 0 Å². The van der Waals surface area contributed by atoms with Gasteiger partial charge in [-0.2, -0.15) is 0 Å². The number of esters is 1. The van der Waals surface area contributed by atoms with E-state index in [1.165, 1.54) is 12.8 Å². The third-order valence-electron chi connectivity index (χ3n) is 5.96. The molecule has 3 fully saturated rings. The largest absolute Gasteiger partial charge is 0.462 e. The maximum absolute atomic E-state index is 12.3. The molecule has 0 N–H and O–H groups in total. The first-order valence-electron chi connectivity index (χ1n) is 9.26. The van der Waals surface area contributed by atoms with Crippen LogP contribution in [0, 0.1) is 35.5 Å². The molecule has 0 radical (unpaired) electrons. The molecule has 0 aromatic carbocycles. The molecular weight excluding hydrogens is 288 g/mol. The van der Waals surface area contributed by atoms with Crippen molar-refractivity contribution >= 4 is 5.97 Å². The van der Waals surface area contributed by atoms with E-state index in [-0.39, 0.29) is 18.0 Å². The van der Waals surface area contributed by atoms with Gasteiger partial charge >= 0.3 is 5.97 Å². The van der Waals surface area contributed by atoms with E-state index in [1.807, 2.05) is 0 Å². The Morgan fingerprint density at radius 3 is 2.96 bits per heavy atom. The molecule has 0 aromatic rings. The molecule has 3 heteroatoms. The number of carbonyl (C=O) groups excluding carboxylic acids is 1. The molecule has 2 aliphatic heterocycles. The predicted molar refractivity (Wildman–Crippen MR) is 87.4 cm³/mol. The van der Waals surface area contributed by atoms with E-state index in [1.54, 1.807) is 0 Å². The van der Waals surface area contributed by atoms with Crippen LogP contribution in [0.4, 0.5) is 0 Å². The van der Waals surface area contributed by atoms with E-state index in [0.717, 1.165) is 31.6 Å². The Hall–Kier alpha value is -1.27. The van der Waals surface area contributed by atoms with Gasteiger partial charge in [0.05, 0.1) is 18.1 Å². The lowest BCUT2D eigenvalue weighted by molar-refractivity contribution is -0.154. The second kappa shape index (κ2) is 6.32. The summed E-state index contributed by atoms with van der Waals surface area (Å²) in [6, 6.07) is 0. The molecule has 124 valence electrons. The molecule has 4 rings (SSSR count). The van der Waals surface area contributed by atoms with Crippen LogP contribution in [0.15, 0.2) is 12.2 Å². The summed E-state index contributed by atoms with van der Waals surface area (Å²) in [6.07, 6.45) is 11.5. The first-order chi connectivity index (χ1) is 11.3. The van der Waals surface area contributed by atoms with Crippen LogP contribution in [0.5, 0.6) is 0 Å². The fourth-order valence-corrected chi connectivity index (χ4v) is 4.50. The van der Waals surface area contributed by atoms with Gasteiger partial charge in [-0.15, -0.1) is 0 Å². The zero-order chi connectivity index (χ0) is 15.8. The van der Waals surface area contributed by atoms with Gasteiger partial charge in [-0.3, -0.25) is 4.79 Å². The molecule has 7 atom stereocenters. The zero-order valence-corrected chi connectivity index (χ0v) is 13.9. The van der Waals surface area contributed by atoms with Crippen LogP contribution in [0.2, 0.25) is 0 Å². The van der Waals surface area contributed by atoms with Gasteiger partial charge in [-0.25, -0.2) is 0 Å².